The van der Waals surface area contributed by atoms with Gasteiger partial charge in [-0.1, -0.05) is 24.3 Å². The molecular formula is C20H21N2O+. The summed E-state index contributed by atoms with van der Waals surface area (Å²) in [5, 5.41) is 4.97. The van der Waals surface area contributed by atoms with Gasteiger partial charge in [-0.2, -0.15) is 0 Å². The van der Waals surface area contributed by atoms with Gasteiger partial charge in [0.1, 0.15) is 13.1 Å². The number of fused-ring (bicyclic) bond motifs is 3. The average Bonchev–Trinajstić information content (AvgIpc) is 3.20. The van der Waals surface area contributed by atoms with E-state index in [0.717, 1.165) is 25.4 Å². The van der Waals surface area contributed by atoms with Crippen LogP contribution >= 0.6 is 0 Å². The van der Waals surface area contributed by atoms with Gasteiger partial charge in [0.2, 0.25) is 0 Å². The quantitative estimate of drug-likeness (QED) is 0.600. The fourth-order valence-corrected chi connectivity index (χ4v) is 3.38. The maximum atomic E-state index is 5.38. The summed E-state index contributed by atoms with van der Waals surface area (Å²) in [6.07, 6.45) is 1.73. The molecule has 2 heterocycles. The maximum absolute atomic E-state index is 5.38. The Hall–Kier alpha value is -2.52. The van der Waals surface area contributed by atoms with Gasteiger partial charge in [-0.05, 0) is 37.3 Å². The number of quaternary nitrogens is 1. The van der Waals surface area contributed by atoms with Crippen LogP contribution in [0.1, 0.15) is 18.2 Å². The van der Waals surface area contributed by atoms with Gasteiger partial charge < -0.3 is 14.3 Å². The highest BCUT2D eigenvalue weighted by Gasteiger charge is 2.10. The molecule has 0 aliphatic rings. The molecule has 0 aliphatic carbocycles. The number of aryl methyl sites for hydroxylation is 1. The lowest BCUT2D eigenvalue weighted by Gasteiger charge is -2.04. The molecule has 4 aromatic rings. The minimum absolute atomic E-state index is 0.877. The molecule has 4 rings (SSSR count). The van der Waals surface area contributed by atoms with E-state index in [0.29, 0.717) is 0 Å². The first-order valence-electron chi connectivity index (χ1n) is 8.20. The Morgan fingerprint density at radius 3 is 2.61 bits per heavy atom. The predicted molar refractivity (Wildman–Crippen MR) is 93.2 cm³/mol. The average molecular weight is 305 g/mol. The molecule has 0 unspecified atom stereocenters. The minimum atomic E-state index is 0.877. The Morgan fingerprint density at radius 2 is 1.78 bits per heavy atom. The van der Waals surface area contributed by atoms with Crippen LogP contribution in [0, 0.1) is 0 Å². The molecule has 2 aromatic carbocycles. The molecule has 23 heavy (non-hydrogen) atoms. The summed E-state index contributed by atoms with van der Waals surface area (Å²) in [5.41, 5.74) is 3.99. The Kier molecular flexibility index (Phi) is 3.64. The van der Waals surface area contributed by atoms with Crippen molar-refractivity contribution in [1.82, 2.24) is 4.57 Å². The van der Waals surface area contributed by atoms with E-state index in [1.54, 1.807) is 6.26 Å². The molecule has 0 radical (unpaired) electrons. The minimum Gasteiger partial charge on any atom is -0.463 e. The largest absolute Gasteiger partial charge is 0.463 e. The molecule has 0 spiro atoms. The van der Waals surface area contributed by atoms with Gasteiger partial charge >= 0.3 is 0 Å². The lowest BCUT2D eigenvalue weighted by Crippen LogP contribution is -2.80. The van der Waals surface area contributed by atoms with E-state index in [1.165, 1.54) is 27.4 Å². The second-order valence-corrected chi connectivity index (χ2v) is 5.89. The van der Waals surface area contributed by atoms with Crippen molar-refractivity contribution < 1.29 is 9.73 Å². The second-order valence-electron chi connectivity index (χ2n) is 5.89. The van der Waals surface area contributed by atoms with Gasteiger partial charge in [0.15, 0.2) is 5.76 Å². The van der Waals surface area contributed by atoms with Crippen molar-refractivity contribution in [2.45, 2.75) is 26.6 Å². The fraction of sp³-hybridized carbons (Fsp3) is 0.200. The van der Waals surface area contributed by atoms with Gasteiger partial charge in [-0.25, -0.2) is 0 Å². The molecule has 0 saturated carbocycles. The number of rotatable bonds is 5. The van der Waals surface area contributed by atoms with Gasteiger partial charge in [0.25, 0.3) is 0 Å². The maximum Gasteiger partial charge on any atom is 0.157 e. The van der Waals surface area contributed by atoms with Crippen LogP contribution in [0.4, 0.5) is 0 Å². The molecule has 2 aromatic heterocycles. The third-order valence-corrected chi connectivity index (χ3v) is 4.46. The first-order valence-corrected chi connectivity index (χ1v) is 8.20. The van der Waals surface area contributed by atoms with E-state index in [2.05, 4.69) is 59.3 Å². The normalized spacial score (nSPS) is 11.5. The van der Waals surface area contributed by atoms with Crippen molar-refractivity contribution in [3.63, 3.8) is 0 Å². The zero-order valence-corrected chi connectivity index (χ0v) is 13.3. The Bertz CT molecular complexity index is 935. The first-order chi connectivity index (χ1) is 11.4. The third kappa shape index (κ3) is 2.53. The van der Waals surface area contributed by atoms with Crippen LogP contribution in [0.2, 0.25) is 0 Å². The molecule has 3 heteroatoms. The Morgan fingerprint density at radius 1 is 0.913 bits per heavy atom. The number of aromatic nitrogens is 1. The molecule has 3 nitrogen and oxygen atoms in total. The van der Waals surface area contributed by atoms with Gasteiger partial charge in [-0.3, -0.25) is 0 Å². The molecule has 0 fully saturated rings. The summed E-state index contributed by atoms with van der Waals surface area (Å²) in [5.74, 6) is 1.02. The van der Waals surface area contributed by atoms with Crippen molar-refractivity contribution >= 4 is 21.8 Å². The molecular weight excluding hydrogens is 284 g/mol. The molecule has 0 amide bonds. The fourth-order valence-electron chi connectivity index (χ4n) is 3.38. The van der Waals surface area contributed by atoms with Crippen molar-refractivity contribution in [3.8, 4) is 0 Å². The van der Waals surface area contributed by atoms with E-state index in [-0.39, 0.29) is 0 Å². The Balaban J connectivity index is 1.66. The molecule has 0 aliphatic heterocycles. The first kappa shape index (κ1) is 14.1. The summed E-state index contributed by atoms with van der Waals surface area (Å²) in [6, 6.07) is 19.5. The third-order valence-electron chi connectivity index (χ3n) is 4.46. The van der Waals surface area contributed by atoms with Crippen molar-refractivity contribution in [2.75, 3.05) is 0 Å². The van der Waals surface area contributed by atoms with E-state index in [4.69, 9.17) is 4.42 Å². The van der Waals surface area contributed by atoms with Gasteiger partial charge in [0, 0.05) is 33.9 Å². The van der Waals surface area contributed by atoms with Crippen LogP contribution in [0.3, 0.4) is 0 Å². The van der Waals surface area contributed by atoms with Crippen LogP contribution in [0.15, 0.2) is 65.3 Å². The van der Waals surface area contributed by atoms with E-state index < -0.39 is 0 Å². The summed E-state index contributed by atoms with van der Waals surface area (Å²) in [4.78, 5) is 0. The zero-order valence-electron chi connectivity index (χ0n) is 13.3. The number of furan rings is 1. The van der Waals surface area contributed by atoms with E-state index >= 15 is 0 Å². The highest BCUT2D eigenvalue weighted by Crippen LogP contribution is 2.29. The van der Waals surface area contributed by atoms with E-state index in [1.807, 2.05) is 12.1 Å². The number of hydrogen-bond donors (Lipinski definition) is 1. The van der Waals surface area contributed by atoms with Crippen LogP contribution in [0.25, 0.3) is 21.8 Å². The summed E-state index contributed by atoms with van der Waals surface area (Å²) < 4.78 is 7.77. The second kappa shape index (κ2) is 5.94. The van der Waals surface area contributed by atoms with Crippen LogP contribution in [-0.2, 0) is 19.6 Å². The molecule has 0 bridgehead atoms. The van der Waals surface area contributed by atoms with Crippen LogP contribution in [-0.4, -0.2) is 4.57 Å². The summed E-state index contributed by atoms with van der Waals surface area (Å²) in [6.45, 7) is 5.04. The standard InChI is InChI=1S/C20H20N2O/c1-2-22-19-8-4-3-7-17(19)18-12-15(9-10-20(18)22)13-21-14-16-6-5-11-23-16/h3-12,21H,2,13-14H2,1H3/p+1. The van der Waals surface area contributed by atoms with Gasteiger partial charge in [0.05, 0.1) is 6.26 Å². The SMILES string of the molecule is CCn1c2ccccc2c2cc(C[NH2+]Cc3ccco3)ccc21. The Labute approximate surface area is 135 Å². The topological polar surface area (TPSA) is 34.7 Å². The van der Waals surface area contributed by atoms with Crippen LogP contribution < -0.4 is 5.32 Å². The number of para-hydroxylation sites is 1. The highest BCUT2D eigenvalue weighted by atomic mass is 16.3. The van der Waals surface area contributed by atoms with Crippen molar-refractivity contribution in [3.05, 3.63) is 72.2 Å². The molecule has 0 saturated heterocycles. The van der Waals surface area contributed by atoms with Gasteiger partial charge in [-0.15, -0.1) is 0 Å². The number of nitrogens with zero attached hydrogens (tertiary/aromatic N) is 1. The van der Waals surface area contributed by atoms with E-state index in [9.17, 15) is 0 Å². The summed E-state index contributed by atoms with van der Waals surface area (Å²) in [7, 11) is 0. The number of hydrogen-bond acceptors (Lipinski definition) is 1. The lowest BCUT2D eigenvalue weighted by atomic mass is 10.1. The van der Waals surface area contributed by atoms with Crippen molar-refractivity contribution in [1.29, 1.82) is 0 Å². The smallest absolute Gasteiger partial charge is 0.157 e. The van der Waals surface area contributed by atoms with Crippen LogP contribution in [0.5, 0.6) is 0 Å². The lowest BCUT2D eigenvalue weighted by molar-refractivity contribution is -0.687. The highest BCUT2D eigenvalue weighted by molar-refractivity contribution is 6.08. The number of benzene rings is 2. The predicted octanol–water partition coefficient (Wildman–Crippen LogP) is 3.67. The molecule has 0 atom stereocenters. The monoisotopic (exact) mass is 305 g/mol. The van der Waals surface area contributed by atoms with Crippen molar-refractivity contribution in [2.24, 2.45) is 0 Å². The summed E-state index contributed by atoms with van der Waals surface area (Å²) >= 11 is 0. The molecule has 116 valence electrons. The number of nitrogens with two attached hydrogens (primary N) is 1. The zero-order chi connectivity index (χ0) is 15.6. The molecule has 2 N–H and O–H groups in total.